The van der Waals surface area contributed by atoms with Gasteiger partial charge in [0.1, 0.15) is 12.2 Å². The minimum atomic E-state index is -0.982. The van der Waals surface area contributed by atoms with Crippen LogP contribution in [0.4, 0.5) is 9.59 Å². The summed E-state index contributed by atoms with van der Waals surface area (Å²) in [6.07, 6.45) is -0.294. The summed E-state index contributed by atoms with van der Waals surface area (Å²) in [7, 11) is 0. The Bertz CT molecular complexity index is 681. The van der Waals surface area contributed by atoms with Gasteiger partial charge in [0.25, 0.3) is 0 Å². The third kappa shape index (κ3) is 4.71. The normalized spacial score (nSPS) is 23.1. The molecule has 2 aliphatic heterocycles. The van der Waals surface area contributed by atoms with E-state index >= 15 is 0 Å². The lowest BCUT2D eigenvalue weighted by Gasteiger charge is -2.46. The summed E-state index contributed by atoms with van der Waals surface area (Å²) in [6, 6.07) is 9.49. The van der Waals surface area contributed by atoms with Gasteiger partial charge in [-0.15, -0.1) is 0 Å². The van der Waals surface area contributed by atoms with Crippen molar-refractivity contribution in [2.24, 2.45) is 5.92 Å². The molecule has 0 aromatic heterocycles. The smallest absolute Gasteiger partial charge is 0.410 e. The summed E-state index contributed by atoms with van der Waals surface area (Å²) in [5.41, 5.74) is -0.594. The predicted molar refractivity (Wildman–Crippen MR) is 99.1 cm³/mol. The zero-order valence-corrected chi connectivity index (χ0v) is 16.2. The van der Waals surface area contributed by atoms with Crippen molar-refractivity contribution in [3.8, 4) is 0 Å². The van der Waals surface area contributed by atoms with E-state index < -0.39 is 17.3 Å². The molecule has 1 aromatic rings. The van der Waals surface area contributed by atoms with Crippen LogP contribution >= 0.6 is 0 Å². The fourth-order valence-electron chi connectivity index (χ4n) is 3.41. The maximum Gasteiger partial charge on any atom is 0.410 e. The maximum atomic E-state index is 12.3. The average molecular weight is 376 g/mol. The Kier molecular flexibility index (Phi) is 5.33. The first-order valence-corrected chi connectivity index (χ1v) is 9.32. The van der Waals surface area contributed by atoms with Gasteiger partial charge in [0, 0.05) is 25.6 Å². The summed E-state index contributed by atoms with van der Waals surface area (Å²) >= 11 is 0. The molecule has 1 N–H and O–H groups in total. The highest BCUT2D eigenvalue weighted by Crippen LogP contribution is 2.36. The van der Waals surface area contributed by atoms with Crippen LogP contribution in [0.25, 0.3) is 0 Å². The first-order chi connectivity index (χ1) is 12.7. The number of hydrogen-bond donors (Lipinski definition) is 1. The first kappa shape index (κ1) is 19.5. The summed E-state index contributed by atoms with van der Waals surface area (Å²) in [4.78, 5) is 27.4. The van der Waals surface area contributed by atoms with Crippen molar-refractivity contribution in [3.05, 3.63) is 35.9 Å². The molecule has 2 heterocycles. The molecule has 0 bridgehead atoms. The monoisotopic (exact) mass is 376 g/mol. The SMILES string of the molecule is CC(C)(C)OC(=O)N1CC(C2(O)CCN(C(=O)OCc3ccccc3)C2)C1. The Labute approximate surface area is 159 Å². The van der Waals surface area contributed by atoms with E-state index in [4.69, 9.17) is 9.47 Å². The average Bonchev–Trinajstić information content (AvgIpc) is 2.93. The predicted octanol–water partition coefficient (Wildman–Crippen LogP) is 2.63. The van der Waals surface area contributed by atoms with Gasteiger partial charge in [-0.2, -0.15) is 0 Å². The lowest BCUT2D eigenvalue weighted by molar-refractivity contribution is -0.0802. The van der Waals surface area contributed by atoms with Crippen LogP contribution in [0.1, 0.15) is 32.8 Å². The Hall–Kier alpha value is -2.28. The van der Waals surface area contributed by atoms with Gasteiger partial charge in [-0.05, 0) is 32.8 Å². The second-order valence-corrected chi connectivity index (χ2v) is 8.40. The van der Waals surface area contributed by atoms with Gasteiger partial charge in [-0.1, -0.05) is 30.3 Å². The molecule has 7 nitrogen and oxygen atoms in total. The number of likely N-dealkylation sites (tertiary alicyclic amines) is 2. The molecule has 2 saturated heterocycles. The highest BCUT2D eigenvalue weighted by molar-refractivity contribution is 5.70. The van der Waals surface area contributed by atoms with E-state index in [1.807, 2.05) is 51.1 Å². The molecule has 1 unspecified atom stereocenters. The Morgan fingerprint density at radius 3 is 2.44 bits per heavy atom. The fraction of sp³-hybridized carbons (Fsp3) is 0.600. The number of amides is 2. The van der Waals surface area contributed by atoms with Crippen molar-refractivity contribution in [3.63, 3.8) is 0 Å². The van der Waals surface area contributed by atoms with E-state index in [-0.39, 0.29) is 25.2 Å². The molecule has 27 heavy (non-hydrogen) atoms. The molecule has 0 saturated carbocycles. The van der Waals surface area contributed by atoms with Gasteiger partial charge in [0.2, 0.25) is 0 Å². The topological polar surface area (TPSA) is 79.3 Å². The largest absolute Gasteiger partial charge is 0.445 e. The van der Waals surface area contributed by atoms with Crippen molar-refractivity contribution >= 4 is 12.2 Å². The summed E-state index contributed by atoms with van der Waals surface area (Å²) in [6.45, 7) is 7.25. The van der Waals surface area contributed by atoms with Gasteiger partial charge < -0.3 is 24.4 Å². The lowest BCUT2D eigenvalue weighted by Crippen LogP contribution is -2.61. The molecular formula is C20H28N2O5. The van der Waals surface area contributed by atoms with Crippen LogP contribution < -0.4 is 0 Å². The van der Waals surface area contributed by atoms with Gasteiger partial charge in [-0.3, -0.25) is 0 Å². The molecule has 0 aliphatic carbocycles. The molecule has 7 heteroatoms. The highest BCUT2D eigenvalue weighted by atomic mass is 16.6. The number of benzene rings is 1. The molecule has 0 radical (unpaired) electrons. The number of hydrogen-bond acceptors (Lipinski definition) is 5. The van der Waals surface area contributed by atoms with Crippen LogP contribution in [-0.4, -0.2) is 64.5 Å². The minimum Gasteiger partial charge on any atom is -0.445 e. The van der Waals surface area contributed by atoms with Crippen LogP contribution in [0.15, 0.2) is 30.3 Å². The second-order valence-electron chi connectivity index (χ2n) is 8.40. The van der Waals surface area contributed by atoms with Crippen LogP contribution in [0, 0.1) is 5.92 Å². The van der Waals surface area contributed by atoms with Gasteiger partial charge >= 0.3 is 12.2 Å². The zero-order chi connectivity index (χ0) is 19.7. The highest BCUT2D eigenvalue weighted by Gasteiger charge is 2.50. The third-order valence-electron chi connectivity index (χ3n) is 5.04. The third-order valence-corrected chi connectivity index (χ3v) is 5.04. The molecule has 2 fully saturated rings. The first-order valence-electron chi connectivity index (χ1n) is 9.32. The van der Waals surface area contributed by atoms with Crippen LogP contribution in [0.2, 0.25) is 0 Å². The van der Waals surface area contributed by atoms with E-state index in [1.165, 1.54) is 0 Å². The lowest BCUT2D eigenvalue weighted by atomic mass is 9.81. The second kappa shape index (κ2) is 7.38. The number of rotatable bonds is 3. The number of ether oxygens (including phenoxy) is 2. The molecular weight excluding hydrogens is 348 g/mol. The molecule has 1 atom stereocenters. The van der Waals surface area contributed by atoms with Crippen molar-refractivity contribution in [2.75, 3.05) is 26.2 Å². The molecule has 1 aromatic carbocycles. The number of aliphatic hydroxyl groups is 1. The Morgan fingerprint density at radius 1 is 1.15 bits per heavy atom. The van der Waals surface area contributed by atoms with Crippen LogP contribution in [0.5, 0.6) is 0 Å². The molecule has 2 aliphatic rings. The van der Waals surface area contributed by atoms with Gasteiger partial charge in [0.05, 0.1) is 12.1 Å². The number of carbonyl (C=O) groups is 2. The number of carbonyl (C=O) groups excluding carboxylic acids is 2. The molecule has 0 spiro atoms. The molecule has 3 rings (SSSR count). The summed E-state index contributed by atoms with van der Waals surface area (Å²) < 4.78 is 10.7. The minimum absolute atomic E-state index is 0.0584. The maximum absolute atomic E-state index is 12.3. The number of nitrogens with zero attached hydrogens (tertiary/aromatic N) is 2. The summed E-state index contributed by atoms with van der Waals surface area (Å²) in [5.74, 6) is -0.0584. The molecule has 2 amide bonds. The fourth-order valence-corrected chi connectivity index (χ4v) is 3.41. The van der Waals surface area contributed by atoms with E-state index in [0.29, 0.717) is 26.1 Å². The number of β-amino-alcohol motifs (C(OH)–C–C–N with tert-alkyl or cyclic N) is 1. The summed E-state index contributed by atoms with van der Waals surface area (Å²) in [5, 5.41) is 10.9. The Balaban J connectivity index is 1.46. The molecule has 148 valence electrons. The van der Waals surface area contributed by atoms with E-state index in [1.54, 1.807) is 9.80 Å². The van der Waals surface area contributed by atoms with Crippen molar-refractivity contribution in [2.45, 2.75) is 45.0 Å². The standard InChI is InChI=1S/C20H28N2O5/c1-19(2,3)27-18(24)22-11-16(12-22)20(25)9-10-21(14-20)17(23)26-13-15-7-5-4-6-8-15/h4-8,16,25H,9-14H2,1-3H3. The Morgan fingerprint density at radius 2 is 1.81 bits per heavy atom. The van der Waals surface area contributed by atoms with Crippen molar-refractivity contribution in [1.29, 1.82) is 0 Å². The van der Waals surface area contributed by atoms with Gasteiger partial charge in [0.15, 0.2) is 0 Å². The quantitative estimate of drug-likeness (QED) is 0.877. The zero-order valence-electron chi connectivity index (χ0n) is 16.2. The van der Waals surface area contributed by atoms with E-state index in [0.717, 1.165) is 5.56 Å². The van der Waals surface area contributed by atoms with E-state index in [2.05, 4.69) is 0 Å². The van der Waals surface area contributed by atoms with E-state index in [9.17, 15) is 14.7 Å². The van der Waals surface area contributed by atoms with Crippen molar-refractivity contribution in [1.82, 2.24) is 9.80 Å². The van der Waals surface area contributed by atoms with Gasteiger partial charge in [-0.25, -0.2) is 9.59 Å². The van der Waals surface area contributed by atoms with Crippen LogP contribution in [0.3, 0.4) is 0 Å². The van der Waals surface area contributed by atoms with Crippen LogP contribution in [-0.2, 0) is 16.1 Å². The van der Waals surface area contributed by atoms with Crippen molar-refractivity contribution < 1.29 is 24.2 Å².